The van der Waals surface area contributed by atoms with Gasteiger partial charge in [-0.1, -0.05) is 24.1 Å². The number of aromatic nitrogens is 1. The van der Waals surface area contributed by atoms with Crippen LogP contribution in [0.3, 0.4) is 0 Å². The van der Waals surface area contributed by atoms with Crippen LogP contribution in [0.25, 0.3) is 0 Å². The fourth-order valence-corrected chi connectivity index (χ4v) is 5.71. The fourth-order valence-electron chi connectivity index (χ4n) is 5.71. The number of esters is 1. The number of quaternary nitrogens is 1. The lowest BCUT2D eigenvalue weighted by Gasteiger charge is -2.45. The summed E-state index contributed by atoms with van der Waals surface area (Å²) in [6, 6.07) is 6.07. The topological polar surface area (TPSA) is 43.6 Å². The summed E-state index contributed by atoms with van der Waals surface area (Å²) < 4.78 is 5.90. The SMILES string of the molecule is CC1=C2C[C@H]3[C@@H](C[C@@]2(C)CCC1)OC(=O)[C@@H]3C[NH+](C)CCc1ccccn1. The fraction of sp³-hybridized carbons (Fsp3) is 0.652. The highest BCUT2D eigenvalue weighted by Gasteiger charge is 2.53. The van der Waals surface area contributed by atoms with E-state index in [1.165, 1.54) is 24.2 Å². The third kappa shape index (κ3) is 3.69. The van der Waals surface area contributed by atoms with E-state index in [0.29, 0.717) is 5.92 Å². The Morgan fingerprint density at radius 1 is 1.37 bits per heavy atom. The summed E-state index contributed by atoms with van der Waals surface area (Å²) >= 11 is 0. The van der Waals surface area contributed by atoms with Crippen LogP contribution >= 0.6 is 0 Å². The zero-order chi connectivity index (χ0) is 19.0. The van der Waals surface area contributed by atoms with Gasteiger partial charge in [-0.3, -0.25) is 9.78 Å². The smallest absolute Gasteiger partial charge is 0.315 e. The van der Waals surface area contributed by atoms with E-state index in [-0.39, 0.29) is 23.4 Å². The Morgan fingerprint density at radius 3 is 3.00 bits per heavy atom. The maximum Gasteiger partial charge on any atom is 0.315 e. The van der Waals surface area contributed by atoms with Crippen molar-refractivity contribution in [2.45, 2.75) is 58.5 Å². The van der Waals surface area contributed by atoms with Crippen LogP contribution in [-0.2, 0) is 16.0 Å². The molecule has 1 aromatic heterocycles. The lowest BCUT2D eigenvalue weighted by molar-refractivity contribution is -0.882. The summed E-state index contributed by atoms with van der Waals surface area (Å²) in [5, 5.41) is 0. The summed E-state index contributed by atoms with van der Waals surface area (Å²) in [5.41, 5.74) is 4.61. The molecule has 27 heavy (non-hydrogen) atoms. The standard InChI is InChI=1S/C23H32N2O2/c1-16-7-6-10-23(2)14-21-18(13-20(16)23)19(22(26)27-21)15-25(3)12-9-17-8-4-5-11-24-17/h4-5,8,11,18-19,21H,6-7,9-10,12-15H2,1-3H3/p+1/t18-,19-,21-,23-/m1/s1. The molecular formula is C23H33N2O2+. The molecule has 146 valence electrons. The first kappa shape index (κ1) is 18.7. The van der Waals surface area contributed by atoms with Gasteiger partial charge in [-0.25, -0.2) is 0 Å². The summed E-state index contributed by atoms with van der Waals surface area (Å²) in [7, 11) is 2.20. The largest absolute Gasteiger partial charge is 0.462 e. The summed E-state index contributed by atoms with van der Waals surface area (Å²) in [5.74, 6) is 0.464. The first-order valence-corrected chi connectivity index (χ1v) is 10.6. The first-order valence-electron chi connectivity index (χ1n) is 10.6. The number of nitrogens with one attached hydrogen (secondary N) is 1. The number of fused-ring (bicyclic) bond motifs is 2. The van der Waals surface area contributed by atoms with Crippen LogP contribution in [0.15, 0.2) is 35.5 Å². The number of likely N-dealkylation sites (N-methyl/N-ethyl adjacent to an activating group) is 1. The molecule has 1 saturated carbocycles. The monoisotopic (exact) mass is 369 g/mol. The predicted molar refractivity (Wildman–Crippen MR) is 105 cm³/mol. The van der Waals surface area contributed by atoms with Crippen LogP contribution in [0.5, 0.6) is 0 Å². The summed E-state index contributed by atoms with van der Waals surface area (Å²) in [4.78, 5) is 18.5. The second-order valence-corrected chi connectivity index (χ2v) is 9.31. The quantitative estimate of drug-likeness (QED) is 0.641. The molecule has 0 spiro atoms. The number of nitrogens with zero attached hydrogens (tertiary/aromatic N) is 1. The first-order chi connectivity index (χ1) is 13.0. The highest BCUT2D eigenvalue weighted by molar-refractivity contribution is 5.75. The van der Waals surface area contributed by atoms with Gasteiger partial charge in [0, 0.05) is 24.2 Å². The molecule has 4 rings (SSSR count). The van der Waals surface area contributed by atoms with Gasteiger partial charge in [0.05, 0.1) is 20.1 Å². The number of hydrogen-bond acceptors (Lipinski definition) is 3. The Kier molecular flexibility index (Phi) is 5.11. The molecular weight excluding hydrogens is 336 g/mol. The number of carbonyl (C=O) groups excluding carboxylic acids is 1. The minimum atomic E-state index is 0.0442. The van der Waals surface area contributed by atoms with Gasteiger partial charge in [0.1, 0.15) is 12.0 Å². The molecule has 0 aromatic carbocycles. The van der Waals surface area contributed by atoms with Gasteiger partial charge in [-0.15, -0.1) is 0 Å². The van der Waals surface area contributed by atoms with E-state index in [2.05, 4.69) is 31.9 Å². The molecule has 0 radical (unpaired) electrons. The molecule has 5 atom stereocenters. The Labute approximate surface area is 163 Å². The molecule has 1 N–H and O–H groups in total. The average Bonchev–Trinajstić information content (AvgIpc) is 2.93. The van der Waals surface area contributed by atoms with E-state index in [1.807, 2.05) is 18.3 Å². The van der Waals surface area contributed by atoms with E-state index >= 15 is 0 Å². The summed E-state index contributed by atoms with van der Waals surface area (Å²) in [6.45, 7) is 6.57. The highest BCUT2D eigenvalue weighted by atomic mass is 16.6. The maximum absolute atomic E-state index is 12.7. The van der Waals surface area contributed by atoms with Crippen molar-refractivity contribution < 1.29 is 14.4 Å². The molecule has 2 aliphatic carbocycles. The molecule has 4 nitrogen and oxygen atoms in total. The van der Waals surface area contributed by atoms with E-state index in [1.54, 1.807) is 11.1 Å². The van der Waals surface area contributed by atoms with Gasteiger partial charge in [-0.05, 0) is 56.6 Å². The lowest BCUT2D eigenvalue weighted by atomic mass is 9.59. The molecule has 1 aliphatic heterocycles. The molecule has 0 amide bonds. The molecule has 1 aromatic rings. The van der Waals surface area contributed by atoms with E-state index in [0.717, 1.165) is 38.0 Å². The van der Waals surface area contributed by atoms with Gasteiger partial charge in [0.15, 0.2) is 0 Å². The number of carbonyl (C=O) groups is 1. The van der Waals surface area contributed by atoms with Gasteiger partial charge < -0.3 is 9.64 Å². The Hall–Kier alpha value is -1.68. The van der Waals surface area contributed by atoms with Crippen molar-refractivity contribution in [2.75, 3.05) is 20.1 Å². The third-order valence-corrected chi connectivity index (χ3v) is 7.28. The third-order valence-electron chi connectivity index (χ3n) is 7.28. The number of ether oxygens (including phenoxy) is 1. The van der Waals surface area contributed by atoms with Crippen LogP contribution in [-0.4, -0.2) is 37.2 Å². The van der Waals surface area contributed by atoms with Gasteiger partial charge >= 0.3 is 5.97 Å². The zero-order valence-corrected chi connectivity index (χ0v) is 17.0. The van der Waals surface area contributed by atoms with Gasteiger partial charge in [-0.2, -0.15) is 0 Å². The Morgan fingerprint density at radius 2 is 2.22 bits per heavy atom. The Bertz CT molecular complexity index is 729. The van der Waals surface area contributed by atoms with Crippen molar-refractivity contribution in [3.8, 4) is 0 Å². The Balaban J connectivity index is 1.42. The van der Waals surface area contributed by atoms with Crippen LogP contribution < -0.4 is 4.90 Å². The summed E-state index contributed by atoms with van der Waals surface area (Å²) in [6.07, 6.45) is 8.79. The molecule has 2 fully saturated rings. The van der Waals surface area contributed by atoms with Gasteiger partial charge in [0.2, 0.25) is 0 Å². The second-order valence-electron chi connectivity index (χ2n) is 9.31. The number of allylic oxidation sites excluding steroid dienone is 2. The maximum atomic E-state index is 12.7. The average molecular weight is 370 g/mol. The van der Waals surface area contributed by atoms with Crippen molar-refractivity contribution in [1.29, 1.82) is 0 Å². The minimum absolute atomic E-state index is 0.0442. The molecule has 1 unspecified atom stereocenters. The van der Waals surface area contributed by atoms with Crippen molar-refractivity contribution in [3.05, 3.63) is 41.2 Å². The van der Waals surface area contributed by atoms with Crippen LogP contribution in [0.4, 0.5) is 0 Å². The zero-order valence-electron chi connectivity index (χ0n) is 17.0. The van der Waals surface area contributed by atoms with E-state index in [4.69, 9.17) is 4.74 Å². The normalized spacial score (nSPS) is 34.0. The number of pyridine rings is 1. The van der Waals surface area contributed by atoms with Crippen molar-refractivity contribution in [1.82, 2.24) is 4.98 Å². The number of rotatable bonds is 5. The van der Waals surface area contributed by atoms with Crippen molar-refractivity contribution in [3.63, 3.8) is 0 Å². The highest BCUT2D eigenvalue weighted by Crippen LogP contribution is 2.54. The van der Waals surface area contributed by atoms with Crippen molar-refractivity contribution >= 4 is 5.97 Å². The van der Waals surface area contributed by atoms with Crippen LogP contribution in [0.1, 0.15) is 51.6 Å². The van der Waals surface area contributed by atoms with E-state index in [9.17, 15) is 4.79 Å². The van der Waals surface area contributed by atoms with E-state index < -0.39 is 0 Å². The molecule has 1 saturated heterocycles. The predicted octanol–water partition coefficient (Wildman–Crippen LogP) is 2.60. The molecule has 3 aliphatic rings. The molecule has 0 bridgehead atoms. The lowest BCUT2D eigenvalue weighted by Crippen LogP contribution is -3.10. The number of hydrogen-bond donors (Lipinski definition) is 1. The van der Waals surface area contributed by atoms with Crippen molar-refractivity contribution in [2.24, 2.45) is 17.3 Å². The van der Waals surface area contributed by atoms with Crippen LogP contribution in [0, 0.1) is 17.3 Å². The minimum Gasteiger partial charge on any atom is -0.462 e. The van der Waals surface area contributed by atoms with Crippen LogP contribution in [0.2, 0.25) is 0 Å². The molecule has 2 heterocycles. The molecule has 4 heteroatoms. The second kappa shape index (κ2) is 7.38. The van der Waals surface area contributed by atoms with Gasteiger partial charge in [0.25, 0.3) is 0 Å².